The SMILES string of the molecule is CC1CN(c2nc(-c3cccc(Cl)c3)no2)CC(C)O1. The molecule has 0 aliphatic carbocycles. The smallest absolute Gasteiger partial charge is 0.324 e. The van der Waals surface area contributed by atoms with Gasteiger partial charge in [0.15, 0.2) is 0 Å². The summed E-state index contributed by atoms with van der Waals surface area (Å²) in [6.07, 6.45) is 0.306. The van der Waals surface area contributed by atoms with Gasteiger partial charge in [-0.2, -0.15) is 4.98 Å². The van der Waals surface area contributed by atoms with E-state index in [1.165, 1.54) is 0 Å². The minimum absolute atomic E-state index is 0.153. The first-order chi connectivity index (χ1) is 9.61. The van der Waals surface area contributed by atoms with Gasteiger partial charge in [0.25, 0.3) is 0 Å². The van der Waals surface area contributed by atoms with E-state index in [0.717, 1.165) is 18.7 Å². The molecule has 0 saturated carbocycles. The maximum absolute atomic E-state index is 5.98. The maximum Gasteiger partial charge on any atom is 0.324 e. The van der Waals surface area contributed by atoms with Crippen LogP contribution in [0.1, 0.15) is 13.8 Å². The second-order valence-electron chi connectivity index (χ2n) is 5.07. The molecule has 1 saturated heterocycles. The number of rotatable bonds is 2. The lowest BCUT2D eigenvalue weighted by Crippen LogP contribution is -2.45. The molecule has 0 amide bonds. The van der Waals surface area contributed by atoms with Crippen molar-refractivity contribution in [2.45, 2.75) is 26.1 Å². The second-order valence-corrected chi connectivity index (χ2v) is 5.51. The van der Waals surface area contributed by atoms with Crippen LogP contribution in [0.4, 0.5) is 6.01 Å². The lowest BCUT2D eigenvalue weighted by molar-refractivity contribution is -0.00697. The van der Waals surface area contributed by atoms with Crippen molar-refractivity contribution in [2.24, 2.45) is 0 Å². The molecule has 6 heteroatoms. The monoisotopic (exact) mass is 293 g/mol. The third-order valence-corrected chi connectivity index (χ3v) is 3.42. The van der Waals surface area contributed by atoms with Gasteiger partial charge >= 0.3 is 6.01 Å². The van der Waals surface area contributed by atoms with Gasteiger partial charge in [0.2, 0.25) is 5.82 Å². The molecule has 2 unspecified atom stereocenters. The Bertz CT molecular complexity index is 592. The van der Waals surface area contributed by atoms with Crippen molar-refractivity contribution < 1.29 is 9.26 Å². The van der Waals surface area contributed by atoms with E-state index in [9.17, 15) is 0 Å². The van der Waals surface area contributed by atoms with Gasteiger partial charge in [-0.3, -0.25) is 0 Å². The zero-order valence-corrected chi connectivity index (χ0v) is 12.2. The molecule has 1 aromatic carbocycles. The Labute approximate surface area is 122 Å². The highest BCUT2D eigenvalue weighted by molar-refractivity contribution is 6.30. The van der Waals surface area contributed by atoms with Crippen molar-refractivity contribution in [3.05, 3.63) is 29.3 Å². The van der Waals surface area contributed by atoms with E-state index in [0.29, 0.717) is 16.9 Å². The first kappa shape index (κ1) is 13.4. The highest BCUT2D eigenvalue weighted by atomic mass is 35.5. The van der Waals surface area contributed by atoms with Crippen molar-refractivity contribution in [1.29, 1.82) is 0 Å². The summed E-state index contributed by atoms with van der Waals surface area (Å²) < 4.78 is 11.1. The summed E-state index contributed by atoms with van der Waals surface area (Å²) in [6, 6.07) is 7.94. The van der Waals surface area contributed by atoms with E-state index in [2.05, 4.69) is 15.0 Å². The number of aromatic nitrogens is 2. The highest BCUT2D eigenvalue weighted by Crippen LogP contribution is 2.24. The van der Waals surface area contributed by atoms with Gasteiger partial charge in [-0.1, -0.05) is 28.9 Å². The fraction of sp³-hybridized carbons (Fsp3) is 0.429. The predicted molar refractivity (Wildman–Crippen MR) is 77.0 cm³/mol. The van der Waals surface area contributed by atoms with Crippen LogP contribution >= 0.6 is 11.6 Å². The number of benzene rings is 1. The second kappa shape index (κ2) is 5.42. The first-order valence-corrected chi connectivity index (χ1v) is 6.99. The van der Waals surface area contributed by atoms with Gasteiger partial charge in [0, 0.05) is 23.7 Å². The van der Waals surface area contributed by atoms with Crippen LogP contribution in [0.15, 0.2) is 28.8 Å². The normalized spacial score (nSPS) is 23.1. The molecule has 5 nitrogen and oxygen atoms in total. The van der Waals surface area contributed by atoms with Crippen LogP contribution in [0.25, 0.3) is 11.4 Å². The number of hydrogen-bond donors (Lipinski definition) is 0. The topological polar surface area (TPSA) is 51.4 Å². The summed E-state index contributed by atoms with van der Waals surface area (Å²) in [5, 5.41) is 4.68. The van der Waals surface area contributed by atoms with Gasteiger partial charge < -0.3 is 14.2 Å². The molecule has 2 atom stereocenters. The average Bonchev–Trinajstić information content (AvgIpc) is 2.87. The molecule has 106 valence electrons. The Balaban J connectivity index is 1.83. The quantitative estimate of drug-likeness (QED) is 0.852. The lowest BCUT2D eigenvalue weighted by Gasteiger charge is -2.33. The molecular formula is C14H16ClN3O2. The van der Waals surface area contributed by atoms with Crippen LogP contribution in [0.3, 0.4) is 0 Å². The number of halogens is 1. The maximum atomic E-state index is 5.98. The van der Waals surface area contributed by atoms with Gasteiger partial charge in [-0.15, -0.1) is 0 Å². The fourth-order valence-corrected chi connectivity index (χ4v) is 2.61. The minimum atomic E-state index is 0.153. The van der Waals surface area contributed by atoms with Gasteiger partial charge in [-0.05, 0) is 26.0 Å². The van der Waals surface area contributed by atoms with E-state index in [4.69, 9.17) is 20.9 Å². The summed E-state index contributed by atoms with van der Waals surface area (Å²) in [4.78, 5) is 6.50. The zero-order valence-electron chi connectivity index (χ0n) is 11.4. The van der Waals surface area contributed by atoms with Crippen LogP contribution in [-0.2, 0) is 4.74 Å². The van der Waals surface area contributed by atoms with Crippen molar-refractivity contribution in [2.75, 3.05) is 18.0 Å². The zero-order chi connectivity index (χ0) is 14.1. The first-order valence-electron chi connectivity index (χ1n) is 6.62. The van der Waals surface area contributed by atoms with E-state index >= 15 is 0 Å². The number of morpholine rings is 1. The van der Waals surface area contributed by atoms with E-state index in [1.807, 2.05) is 38.1 Å². The Morgan fingerprint density at radius 3 is 2.70 bits per heavy atom. The molecule has 2 heterocycles. The predicted octanol–water partition coefficient (Wildman–Crippen LogP) is 3.00. The summed E-state index contributed by atoms with van der Waals surface area (Å²) in [7, 11) is 0. The molecule has 1 aromatic heterocycles. The third-order valence-electron chi connectivity index (χ3n) is 3.19. The van der Waals surface area contributed by atoms with Crippen molar-refractivity contribution in [1.82, 2.24) is 10.1 Å². The molecule has 0 spiro atoms. The third kappa shape index (κ3) is 2.78. The summed E-state index contributed by atoms with van der Waals surface area (Å²) in [5.74, 6) is 0.550. The van der Waals surface area contributed by atoms with Gasteiger partial charge in [0.1, 0.15) is 0 Å². The Kier molecular flexibility index (Phi) is 3.63. The Morgan fingerprint density at radius 1 is 1.25 bits per heavy atom. The standard InChI is InChI=1S/C14H16ClN3O2/c1-9-7-18(8-10(2)19-9)14-16-13(17-20-14)11-4-3-5-12(15)6-11/h3-6,9-10H,7-8H2,1-2H3. The Morgan fingerprint density at radius 2 is 2.00 bits per heavy atom. The molecule has 0 radical (unpaired) electrons. The lowest BCUT2D eigenvalue weighted by atomic mass is 10.2. The number of nitrogens with zero attached hydrogens (tertiary/aromatic N) is 3. The molecule has 2 aromatic rings. The van der Waals surface area contributed by atoms with Gasteiger partial charge in [0.05, 0.1) is 12.2 Å². The number of anilines is 1. The minimum Gasteiger partial charge on any atom is -0.372 e. The number of ether oxygens (including phenoxy) is 1. The van der Waals surface area contributed by atoms with E-state index in [-0.39, 0.29) is 12.2 Å². The van der Waals surface area contributed by atoms with Crippen molar-refractivity contribution in [3.8, 4) is 11.4 Å². The van der Waals surface area contributed by atoms with Crippen LogP contribution in [0, 0.1) is 0 Å². The van der Waals surface area contributed by atoms with Crippen LogP contribution in [0.5, 0.6) is 0 Å². The molecule has 20 heavy (non-hydrogen) atoms. The van der Waals surface area contributed by atoms with E-state index in [1.54, 1.807) is 0 Å². The molecule has 1 aliphatic heterocycles. The largest absolute Gasteiger partial charge is 0.372 e. The van der Waals surface area contributed by atoms with Crippen molar-refractivity contribution in [3.63, 3.8) is 0 Å². The molecule has 0 N–H and O–H groups in total. The van der Waals surface area contributed by atoms with Crippen LogP contribution < -0.4 is 4.90 Å². The summed E-state index contributed by atoms with van der Waals surface area (Å²) in [6.45, 7) is 5.58. The van der Waals surface area contributed by atoms with Gasteiger partial charge in [-0.25, -0.2) is 0 Å². The fourth-order valence-electron chi connectivity index (χ4n) is 2.42. The van der Waals surface area contributed by atoms with E-state index < -0.39 is 0 Å². The summed E-state index contributed by atoms with van der Waals surface area (Å²) in [5.41, 5.74) is 0.849. The molecule has 1 aliphatic rings. The molecule has 3 rings (SSSR count). The number of hydrogen-bond acceptors (Lipinski definition) is 5. The molecule has 0 bridgehead atoms. The highest BCUT2D eigenvalue weighted by Gasteiger charge is 2.26. The van der Waals surface area contributed by atoms with Crippen LogP contribution in [0.2, 0.25) is 5.02 Å². The van der Waals surface area contributed by atoms with Crippen molar-refractivity contribution >= 4 is 17.6 Å². The summed E-state index contributed by atoms with van der Waals surface area (Å²) >= 11 is 5.98. The Hall–Kier alpha value is -1.59. The molecular weight excluding hydrogens is 278 g/mol. The molecule has 1 fully saturated rings. The average molecular weight is 294 g/mol. The van der Waals surface area contributed by atoms with Crippen LogP contribution in [-0.4, -0.2) is 35.4 Å².